The lowest BCUT2D eigenvalue weighted by Crippen LogP contribution is -2.12. The van der Waals surface area contributed by atoms with Gasteiger partial charge in [-0.3, -0.25) is 9.59 Å². The molecule has 2 amide bonds. The highest BCUT2D eigenvalue weighted by molar-refractivity contribution is 6.05. The molecule has 2 rings (SSSR count). The number of hydrogen-bond acceptors (Lipinski definition) is 3. The molecule has 0 atom stereocenters. The van der Waals surface area contributed by atoms with Crippen LogP contribution in [0.15, 0.2) is 59.8 Å². The molecule has 0 aliphatic heterocycles. The van der Waals surface area contributed by atoms with Gasteiger partial charge in [0.25, 0.3) is 5.91 Å². The number of carbonyl (C=O) groups is 2. The Hall–Kier alpha value is -2.82. The van der Waals surface area contributed by atoms with Crippen LogP contribution in [0.1, 0.15) is 20.7 Å². The van der Waals surface area contributed by atoms with Gasteiger partial charge in [0.2, 0.25) is 0 Å². The minimum Gasteiger partial charge on any atom is -0.322 e. The summed E-state index contributed by atoms with van der Waals surface area (Å²) in [4.78, 5) is 33.2. The highest BCUT2D eigenvalue weighted by atomic mass is 16.3. The largest absolute Gasteiger partial charge is 0.322 e. The van der Waals surface area contributed by atoms with Crippen LogP contribution < -0.4 is 5.32 Å². The Morgan fingerprint density at radius 1 is 0.895 bits per heavy atom. The minimum absolute atomic E-state index is 0.140. The zero-order valence-electron chi connectivity index (χ0n) is 9.87. The first kappa shape index (κ1) is 12.6. The van der Waals surface area contributed by atoms with E-state index in [-0.39, 0.29) is 11.5 Å². The molecule has 19 heavy (non-hydrogen) atoms. The van der Waals surface area contributed by atoms with Crippen molar-refractivity contribution in [3.05, 3.63) is 70.6 Å². The van der Waals surface area contributed by atoms with Crippen molar-refractivity contribution in [1.29, 1.82) is 0 Å². The first-order valence-corrected chi connectivity index (χ1v) is 5.55. The monoisotopic (exact) mass is 254 g/mol. The molecular weight excluding hydrogens is 244 g/mol. The molecule has 0 bridgehead atoms. The van der Waals surface area contributed by atoms with E-state index < -0.39 is 5.91 Å². The Kier molecular flexibility index (Phi) is 3.78. The second-order valence-corrected chi connectivity index (χ2v) is 3.80. The molecule has 94 valence electrons. The molecule has 0 aromatic heterocycles. The van der Waals surface area contributed by atoms with Crippen LogP contribution in [0.25, 0.3) is 0 Å². The fourth-order valence-corrected chi connectivity index (χ4v) is 1.58. The predicted molar refractivity (Wildman–Crippen MR) is 71.0 cm³/mol. The van der Waals surface area contributed by atoms with E-state index in [4.69, 9.17) is 0 Å². The number of carbonyl (C=O) groups excluding carboxylic acids is 2. The third-order valence-electron chi connectivity index (χ3n) is 2.49. The van der Waals surface area contributed by atoms with Crippen LogP contribution >= 0.6 is 0 Å². The Morgan fingerprint density at radius 3 is 2.26 bits per heavy atom. The van der Waals surface area contributed by atoms with Crippen molar-refractivity contribution < 1.29 is 9.59 Å². The Labute approximate surface area is 109 Å². The molecule has 5 nitrogen and oxygen atoms in total. The normalized spacial score (nSPS) is 9.68. The summed E-state index contributed by atoms with van der Waals surface area (Å²) >= 11 is 0. The third-order valence-corrected chi connectivity index (χ3v) is 2.49. The fourth-order valence-electron chi connectivity index (χ4n) is 1.58. The number of hydrogen-bond donors (Lipinski definition) is 1. The molecule has 0 spiro atoms. The van der Waals surface area contributed by atoms with Gasteiger partial charge in [-0.05, 0) is 30.3 Å². The Morgan fingerprint density at radius 2 is 1.58 bits per heavy atom. The van der Waals surface area contributed by atoms with Gasteiger partial charge in [0, 0.05) is 22.0 Å². The van der Waals surface area contributed by atoms with Crippen molar-refractivity contribution in [1.82, 2.24) is 0 Å². The molecule has 0 saturated carbocycles. The Bertz CT molecular complexity index is 624. The van der Waals surface area contributed by atoms with Crippen molar-refractivity contribution in [2.45, 2.75) is 0 Å². The van der Waals surface area contributed by atoms with Crippen LogP contribution in [-0.2, 0) is 0 Å². The summed E-state index contributed by atoms with van der Waals surface area (Å²) in [5, 5.41) is 4.98. The summed E-state index contributed by atoms with van der Waals surface area (Å²) in [5.74, 6) is -1.15. The van der Waals surface area contributed by atoms with Crippen molar-refractivity contribution in [3.8, 4) is 0 Å². The van der Waals surface area contributed by atoms with Crippen LogP contribution in [-0.4, -0.2) is 11.8 Å². The van der Waals surface area contributed by atoms with Crippen LogP contribution in [0.2, 0.25) is 0 Å². The molecule has 2 aromatic carbocycles. The molecular formula is C14H10N2O3. The van der Waals surface area contributed by atoms with E-state index in [0.29, 0.717) is 11.3 Å². The van der Waals surface area contributed by atoms with Gasteiger partial charge in [0.05, 0.1) is 0 Å². The van der Waals surface area contributed by atoms with Gasteiger partial charge in [-0.2, -0.15) is 0 Å². The standard InChI is InChI=1S/C14H10N2O3/c17-13(10-5-2-1-3-6-10)15-12-8-4-7-11(9-12)14(18)16-19/h1-9H,(H,15,17). The van der Waals surface area contributed by atoms with Crippen molar-refractivity contribution in [3.63, 3.8) is 0 Å². The summed E-state index contributed by atoms with van der Waals surface area (Å²) < 4.78 is 0. The molecule has 0 heterocycles. The third kappa shape index (κ3) is 3.10. The lowest BCUT2D eigenvalue weighted by Gasteiger charge is -2.05. The number of amides is 2. The van der Waals surface area contributed by atoms with E-state index in [2.05, 4.69) is 10.5 Å². The van der Waals surface area contributed by atoms with E-state index in [1.54, 1.807) is 36.4 Å². The van der Waals surface area contributed by atoms with Crippen LogP contribution in [0.3, 0.4) is 0 Å². The van der Waals surface area contributed by atoms with Gasteiger partial charge in [-0.1, -0.05) is 24.3 Å². The second-order valence-electron chi connectivity index (χ2n) is 3.80. The molecule has 0 fully saturated rings. The lowest BCUT2D eigenvalue weighted by molar-refractivity contribution is 0.0996. The first-order chi connectivity index (χ1) is 9.20. The minimum atomic E-state index is -0.865. The van der Waals surface area contributed by atoms with Gasteiger partial charge in [0.1, 0.15) is 0 Å². The van der Waals surface area contributed by atoms with E-state index in [0.717, 1.165) is 0 Å². The number of nitrogens with zero attached hydrogens (tertiary/aromatic N) is 1. The van der Waals surface area contributed by atoms with Gasteiger partial charge >= 0.3 is 5.91 Å². The molecule has 0 unspecified atom stereocenters. The molecule has 0 saturated heterocycles. The SMILES string of the molecule is O=NC(=O)c1cccc(NC(=O)c2ccccc2)c1. The first-order valence-electron chi connectivity index (χ1n) is 5.55. The van der Waals surface area contributed by atoms with E-state index in [1.807, 2.05) is 6.07 Å². The number of benzene rings is 2. The molecule has 1 N–H and O–H groups in total. The predicted octanol–water partition coefficient (Wildman–Crippen LogP) is 2.85. The molecule has 0 aliphatic carbocycles. The van der Waals surface area contributed by atoms with E-state index in [9.17, 15) is 14.5 Å². The number of rotatable bonds is 3. The van der Waals surface area contributed by atoms with Gasteiger partial charge in [0.15, 0.2) is 0 Å². The fraction of sp³-hybridized carbons (Fsp3) is 0. The maximum absolute atomic E-state index is 11.9. The smallest absolute Gasteiger partial charge is 0.316 e. The number of nitrogens with one attached hydrogen (secondary N) is 1. The van der Waals surface area contributed by atoms with E-state index >= 15 is 0 Å². The lowest BCUT2D eigenvalue weighted by atomic mass is 10.1. The van der Waals surface area contributed by atoms with Crippen LogP contribution in [0.4, 0.5) is 5.69 Å². The quantitative estimate of drug-likeness (QED) is 0.855. The summed E-state index contributed by atoms with van der Waals surface area (Å²) in [5.41, 5.74) is 1.08. The van der Waals surface area contributed by atoms with Crippen molar-refractivity contribution in [2.24, 2.45) is 5.18 Å². The van der Waals surface area contributed by atoms with Crippen molar-refractivity contribution >= 4 is 17.5 Å². The van der Waals surface area contributed by atoms with Crippen LogP contribution in [0, 0.1) is 4.91 Å². The molecule has 0 aliphatic rings. The second kappa shape index (κ2) is 5.68. The summed E-state index contributed by atoms with van der Waals surface area (Å²) in [7, 11) is 0. The summed E-state index contributed by atoms with van der Waals surface area (Å²) in [6, 6.07) is 14.7. The van der Waals surface area contributed by atoms with Gasteiger partial charge in [-0.15, -0.1) is 4.91 Å². The summed E-state index contributed by atoms with van der Waals surface area (Å²) in [6.45, 7) is 0. The number of nitroso groups, excluding NO2 is 1. The van der Waals surface area contributed by atoms with Crippen molar-refractivity contribution in [2.75, 3.05) is 5.32 Å². The highest BCUT2D eigenvalue weighted by Crippen LogP contribution is 2.13. The molecule has 5 heteroatoms. The average molecular weight is 254 g/mol. The van der Waals surface area contributed by atoms with Gasteiger partial charge in [-0.25, -0.2) is 0 Å². The zero-order valence-corrected chi connectivity index (χ0v) is 9.87. The molecule has 2 aromatic rings. The highest BCUT2D eigenvalue weighted by Gasteiger charge is 2.08. The maximum atomic E-state index is 11.9. The van der Waals surface area contributed by atoms with Gasteiger partial charge < -0.3 is 5.32 Å². The average Bonchev–Trinajstić information content (AvgIpc) is 2.47. The molecule has 0 radical (unpaired) electrons. The number of anilines is 1. The topological polar surface area (TPSA) is 75.6 Å². The summed E-state index contributed by atoms with van der Waals surface area (Å²) in [6.07, 6.45) is 0. The van der Waals surface area contributed by atoms with E-state index in [1.165, 1.54) is 12.1 Å². The Balaban J connectivity index is 2.18. The maximum Gasteiger partial charge on any atom is 0.316 e. The van der Waals surface area contributed by atoms with Crippen LogP contribution in [0.5, 0.6) is 0 Å². The zero-order chi connectivity index (χ0) is 13.7.